The van der Waals surface area contributed by atoms with Gasteiger partial charge in [0, 0.05) is 5.41 Å². The smallest absolute Gasteiger partial charge is 0.0657 e. The largest absolute Gasteiger partial charge is 0.396 e. The lowest BCUT2D eigenvalue weighted by atomic mass is 9.80. The lowest BCUT2D eigenvalue weighted by Crippen LogP contribution is -2.35. The molecule has 1 rings (SSSR count). The van der Waals surface area contributed by atoms with Crippen LogP contribution in [0.3, 0.4) is 0 Å². The Morgan fingerprint density at radius 2 is 2.08 bits per heavy atom. The number of hydrogen-bond acceptors (Lipinski definition) is 2. The third kappa shape index (κ3) is 2.05. The zero-order valence-corrected chi connectivity index (χ0v) is 9.21. The van der Waals surface area contributed by atoms with Crippen molar-refractivity contribution in [1.29, 1.82) is 0 Å². The van der Waals surface area contributed by atoms with Gasteiger partial charge in [0.15, 0.2) is 0 Å². The van der Waals surface area contributed by atoms with Crippen molar-refractivity contribution in [2.24, 2.45) is 11.3 Å². The Hall–Kier alpha value is -0.0800. The molecule has 0 saturated carbocycles. The Balaban J connectivity index is 2.62. The molecule has 2 nitrogen and oxygen atoms in total. The fourth-order valence-electron chi connectivity index (χ4n) is 1.87. The molecule has 1 aliphatic rings. The molecule has 4 unspecified atom stereocenters. The maximum absolute atomic E-state index is 9.34. The predicted molar refractivity (Wildman–Crippen MR) is 53.6 cm³/mol. The summed E-state index contributed by atoms with van der Waals surface area (Å²) in [6, 6.07) is 0. The van der Waals surface area contributed by atoms with Crippen LogP contribution in [0.5, 0.6) is 0 Å². The summed E-state index contributed by atoms with van der Waals surface area (Å²) >= 11 is 0. The lowest BCUT2D eigenvalue weighted by molar-refractivity contribution is -0.0517. The molecular formula is C11H22O2. The van der Waals surface area contributed by atoms with Gasteiger partial charge in [0.2, 0.25) is 0 Å². The first-order chi connectivity index (χ1) is 6.03. The molecule has 1 heterocycles. The van der Waals surface area contributed by atoms with E-state index in [0.717, 1.165) is 12.8 Å². The summed E-state index contributed by atoms with van der Waals surface area (Å²) in [6.45, 7) is 8.81. The van der Waals surface area contributed by atoms with Crippen molar-refractivity contribution < 1.29 is 9.84 Å². The first-order valence-electron chi connectivity index (χ1n) is 5.30. The van der Waals surface area contributed by atoms with E-state index in [2.05, 4.69) is 27.7 Å². The van der Waals surface area contributed by atoms with E-state index in [4.69, 9.17) is 4.74 Å². The molecule has 78 valence electrons. The Morgan fingerprint density at radius 3 is 2.38 bits per heavy atom. The quantitative estimate of drug-likeness (QED) is 0.732. The van der Waals surface area contributed by atoms with E-state index in [9.17, 15) is 5.11 Å². The third-order valence-corrected chi connectivity index (χ3v) is 3.71. The van der Waals surface area contributed by atoms with Crippen LogP contribution in [0.15, 0.2) is 0 Å². The van der Waals surface area contributed by atoms with Gasteiger partial charge in [0.1, 0.15) is 0 Å². The van der Waals surface area contributed by atoms with Gasteiger partial charge in [-0.3, -0.25) is 0 Å². The monoisotopic (exact) mass is 186 g/mol. The Bertz CT molecular complexity index is 153. The van der Waals surface area contributed by atoms with Crippen molar-refractivity contribution in [3.8, 4) is 0 Å². The molecular weight excluding hydrogens is 164 g/mol. The molecule has 0 aromatic rings. The SMILES string of the molecule is CCC(C)(CO)C1CC(C)C(C)O1. The molecule has 1 N–H and O–H groups in total. The summed E-state index contributed by atoms with van der Waals surface area (Å²) in [5.41, 5.74) is -0.0426. The van der Waals surface area contributed by atoms with E-state index in [0.29, 0.717) is 12.0 Å². The summed E-state index contributed by atoms with van der Waals surface area (Å²) < 4.78 is 5.86. The van der Waals surface area contributed by atoms with Crippen LogP contribution in [0.1, 0.15) is 40.5 Å². The molecule has 13 heavy (non-hydrogen) atoms. The van der Waals surface area contributed by atoms with Gasteiger partial charge < -0.3 is 9.84 Å². The van der Waals surface area contributed by atoms with E-state index in [1.165, 1.54) is 0 Å². The Kier molecular flexibility index (Phi) is 3.36. The maximum atomic E-state index is 9.34. The van der Waals surface area contributed by atoms with Crippen molar-refractivity contribution in [2.75, 3.05) is 6.61 Å². The highest BCUT2D eigenvalue weighted by atomic mass is 16.5. The van der Waals surface area contributed by atoms with Gasteiger partial charge in [-0.1, -0.05) is 20.8 Å². The number of hydrogen-bond donors (Lipinski definition) is 1. The van der Waals surface area contributed by atoms with Crippen LogP contribution in [0.2, 0.25) is 0 Å². The molecule has 0 spiro atoms. The van der Waals surface area contributed by atoms with E-state index < -0.39 is 0 Å². The van der Waals surface area contributed by atoms with Gasteiger partial charge in [0.05, 0.1) is 18.8 Å². The standard InChI is InChI=1S/C11H22O2/c1-5-11(4,7-12)10-6-8(2)9(3)13-10/h8-10,12H,5-7H2,1-4H3. The second-order valence-corrected chi connectivity index (χ2v) is 4.71. The Labute approximate surface area is 81.3 Å². The molecule has 1 aliphatic heterocycles. The predicted octanol–water partition coefficient (Wildman–Crippen LogP) is 2.21. The summed E-state index contributed by atoms with van der Waals surface area (Å²) in [7, 11) is 0. The molecule has 2 heteroatoms. The van der Waals surface area contributed by atoms with Crippen LogP contribution in [-0.4, -0.2) is 23.9 Å². The van der Waals surface area contributed by atoms with Crippen molar-refractivity contribution in [2.45, 2.75) is 52.7 Å². The fourth-order valence-corrected chi connectivity index (χ4v) is 1.87. The van der Waals surface area contributed by atoms with Crippen LogP contribution in [0, 0.1) is 11.3 Å². The normalized spacial score (nSPS) is 39.0. The van der Waals surface area contributed by atoms with Crippen molar-refractivity contribution in [3.63, 3.8) is 0 Å². The molecule has 0 aromatic carbocycles. The zero-order valence-electron chi connectivity index (χ0n) is 9.21. The fraction of sp³-hybridized carbons (Fsp3) is 1.00. The van der Waals surface area contributed by atoms with Crippen LogP contribution in [0.4, 0.5) is 0 Å². The van der Waals surface area contributed by atoms with Crippen LogP contribution in [-0.2, 0) is 4.74 Å². The second-order valence-electron chi connectivity index (χ2n) is 4.71. The van der Waals surface area contributed by atoms with E-state index in [-0.39, 0.29) is 18.1 Å². The molecule has 1 saturated heterocycles. The second kappa shape index (κ2) is 3.97. The minimum Gasteiger partial charge on any atom is -0.396 e. The molecule has 1 fully saturated rings. The van der Waals surface area contributed by atoms with Gasteiger partial charge in [-0.05, 0) is 25.7 Å². The van der Waals surface area contributed by atoms with Crippen molar-refractivity contribution >= 4 is 0 Å². The van der Waals surface area contributed by atoms with Crippen LogP contribution in [0.25, 0.3) is 0 Å². The number of rotatable bonds is 3. The van der Waals surface area contributed by atoms with Gasteiger partial charge >= 0.3 is 0 Å². The van der Waals surface area contributed by atoms with E-state index in [1.54, 1.807) is 0 Å². The third-order valence-electron chi connectivity index (χ3n) is 3.71. The summed E-state index contributed by atoms with van der Waals surface area (Å²) in [4.78, 5) is 0. The molecule has 0 aliphatic carbocycles. The Morgan fingerprint density at radius 1 is 1.46 bits per heavy atom. The van der Waals surface area contributed by atoms with Gasteiger partial charge in [-0.2, -0.15) is 0 Å². The zero-order chi connectivity index (χ0) is 10.1. The van der Waals surface area contributed by atoms with Gasteiger partial charge in [-0.15, -0.1) is 0 Å². The minimum atomic E-state index is -0.0426. The van der Waals surface area contributed by atoms with Crippen LogP contribution < -0.4 is 0 Å². The topological polar surface area (TPSA) is 29.5 Å². The molecule has 0 radical (unpaired) electrons. The average Bonchev–Trinajstić information content (AvgIpc) is 2.46. The lowest BCUT2D eigenvalue weighted by Gasteiger charge is -2.32. The summed E-state index contributed by atoms with van der Waals surface area (Å²) in [6.07, 6.45) is 2.66. The van der Waals surface area contributed by atoms with E-state index in [1.807, 2.05) is 0 Å². The highest BCUT2D eigenvalue weighted by Crippen LogP contribution is 2.38. The first-order valence-corrected chi connectivity index (χ1v) is 5.30. The number of aliphatic hydroxyl groups is 1. The summed E-state index contributed by atoms with van der Waals surface area (Å²) in [5.74, 6) is 0.627. The molecule has 0 aromatic heterocycles. The first kappa shape index (κ1) is 11.0. The van der Waals surface area contributed by atoms with Crippen LogP contribution >= 0.6 is 0 Å². The highest BCUT2D eigenvalue weighted by Gasteiger charge is 2.40. The molecule has 4 atom stereocenters. The van der Waals surface area contributed by atoms with Crippen molar-refractivity contribution in [1.82, 2.24) is 0 Å². The molecule has 0 bridgehead atoms. The average molecular weight is 186 g/mol. The van der Waals surface area contributed by atoms with E-state index >= 15 is 0 Å². The van der Waals surface area contributed by atoms with Crippen molar-refractivity contribution in [3.05, 3.63) is 0 Å². The number of aliphatic hydroxyl groups excluding tert-OH is 1. The van der Waals surface area contributed by atoms with Gasteiger partial charge in [-0.25, -0.2) is 0 Å². The highest BCUT2D eigenvalue weighted by molar-refractivity contribution is 4.88. The minimum absolute atomic E-state index is 0.0426. The number of ether oxygens (including phenoxy) is 1. The summed E-state index contributed by atoms with van der Waals surface area (Å²) in [5, 5.41) is 9.34. The molecule has 0 amide bonds. The van der Waals surface area contributed by atoms with Gasteiger partial charge in [0.25, 0.3) is 0 Å². The maximum Gasteiger partial charge on any atom is 0.0657 e.